The molecule has 0 N–H and O–H groups in total. The molecule has 4 rings (SSSR count). The first-order chi connectivity index (χ1) is 15.7. The number of likely N-dealkylation sites (tertiary alicyclic amines) is 1. The summed E-state index contributed by atoms with van der Waals surface area (Å²) in [6.07, 6.45) is 5.48. The van der Waals surface area contributed by atoms with E-state index in [1.165, 1.54) is 5.56 Å². The molecule has 2 aromatic carbocycles. The number of anilines is 1. The van der Waals surface area contributed by atoms with Crippen molar-refractivity contribution in [1.82, 2.24) is 9.88 Å². The van der Waals surface area contributed by atoms with Gasteiger partial charge in [0, 0.05) is 55.4 Å². The van der Waals surface area contributed by atoms with Crippen molar-refractivity contribution < 1.29 is 14.3 Å². The summed E-state index contributed by atoms with van der Waals surface area (Å²) in [4.78, 5) is 22.1. The molecule has 1 aromatic heterocycles. The number of ether oxygens (including phenoxy) is 2. The molecular weight excluding hydrogens is 402 g/mol. The van der Waals surface area contributed by atoms with E-state index in [0.29, 0.717) is 5.56 Å². The van der Waals surface area contributed by atoms with Crippen LogP contribution in [0.5, 0.6) is 11.5 Å². The largest absolute Gasteiger partial charge is 0.497 e. The van der Waals surface area contributed by atoms with Crippen LogP contribution in [0.25, 0.3) is 0 Å². The van der Waals surface area contributed by atoms with Gasteiger partial charge in [-0.1, -0.05) is 6.07 Å². The third-order valence-corrected chi connectivity index (χ3v) is 5.97. The maximum atomic E-state index is 13.6. The molecule has 0 bridgehead atoms. The van der Waals surface area contributed by atoms with Crippen molar-refractivity contribution in [3.05, 3.63) is 84.2 Å². The molecule has 3 aromatic rings. The first-order valence-corrected chi connectivity index (χ1v) is 10.9. The van der Waals surface area contributed by atoms with Gasteiger partial charge in [0.25, 0.3) is 5.91 Å². The summed E-state index contributed by atoms with van der Waals surface area (Å²) in [6.45, 7) is 2.77. The summed E-state index contributed by atoms with van der Waals surface area (Å²) in [5.41, 5.74) is 2.77. The smallest absolute Gasteiger partial charge is 0.258 e. The van der Waals surface area contributed by atoms with Crippen LogP contribution in [0.15, 0.2) is 73.1 Å². The number of piperidine rings is 1. The second-order valence-corrected chi connectivity index (χ2v) is 7.97. The Bertz CT molecular complexity index is 1020. The lowest BCUT2D eigenvalue weighted by molar-refractivity contribution is 0.0958. The molecule has 0 radical (unpaired) electrons. The Morgan fingerprint density at radius 1 is 0.969 bits per heavy atom. The van der Waals surface area contributed by atoms with E-state index in [4.69, 9.17) is 9.47 Å². The van der Waals surface area contributed by atoms with Crippen molar-refractivity contribution in [2.45, 2.75) is 25.4 Å². The number of benzene rings is 2. The predicted octanol–water partition coefficient (Wildman–Crippen LogP) is 4.41. The fourth-order valence-electron chi connectivity index (χ4n) is 4.21. The highest BCUT2D eigenvalue weighted by molar-refractivity contribution is 6.06. The van der Waals surface area contributed by atoms with E-state index in [2.05, 4.69) is 22.0 Å². The van der Waals surface area contributed by atoms with Crippen molar-refractivity contribution in [1.29, 1.82) is 0 Å². The lowest BCUT2D eigenvalue weighted by Gasteiger charge is -2.38. The van der Waals surface area contributed by atoms with Gasteiger partial charge in [0.1, 0.15) is 11.5 Å². The molecule has 0 saturated carbocycles. The highest BCUT2D eigenvalue weighted by Crippen LogP contribution is 2.29. The highest BCUT2D eigenvalue weighted by atomic mass is 16.5. The molecule has 166 valence electrons. The van der Waals surface area contributed by atoms with Crippen LogP contribution >= 0.6 is 0 Å². The molecule has 6 heteroatoms. The van der Waals surface area contributed by atoms with Gasteiger partial charge in [0.15, 0.2) is 0 Å². The maximum absolute atomic E-state index is 13.6. The van der Waals surface area contributed by atoms with Crippen molar-refractivity contribution in [2.24, 2.45) is 0 Å². The Morgan fingerprint density at radius 3 is 2.31 bits per heavy atom. The Labute approximate surface area is 189 Å². The summed E-state index contributed by atoms with van der Waals surface area (Å²) in [7, 11) is 3.27. The van der Waals surface area contributed by atoms with Gasteiger partial charge in [-0.25, -0.2) is 0 Å². The zero-order chi connectivity index (χ0) is 22.3. The number of nitrogens with zero attached hydrogens (tertiary/aromatic N) is 3. The lowest BCUT2D eigenvalue weighted by atomic mass is 10.00. The molecule has 1 aliphatic rings. The molecule has 0 spiro atoms. The lowest BCUT2D eigenvalue weighted by Crippen LogP contribution is -2.47. The van der Waals surface area contributed by atoms with Crippen molar-refractivity contribution in [3.63, 3.8) is 0 Å². The molecule has 1 fully saturated rings. The standard InChI is InChI=1S/C26H29N3O3/c1-31-24-8-6-21(7-9-24)26(30)29(23-4-3-5-25(18-23)32-2)22-12-16-28(17-13-22)19-20-10-14-27-15-11-20/h3-11,14-15,18,22H,12-13,16-17,19H2,1-2H3. The van der Waals surface area contributed by atoms with Gasteiger partial charge in [-0.3, -0.25) is 14.7 Å². The summed E-state index contributed by atoms with van der Waals surface area (Å²) in [5, 5.41) is 0. The number of rotatable bonds is 7. The molecule has 1 saturated heterocycles. The number of pyridine rings is 1. The van der Waals surface area contributed by atoms with Crippen LogP contribution in [0.2, 0.25) is 0 Å². The normalized spacial score (nSPS) is 14.7. The number of carbonyl (C=O) groups is 1. The van der Waals surface area contributed by atoms with Gasteiger partial charge >= 0.3 is 0 Å². The van der Waals surface area contributed by atoms with Crippen LogP contribution in [-0.4, -0.2) is 49.1 Å². The molecule has 2 heterocycles. The summed E-state index contributed by atoms with van der Waals surface area (Å²) in [5.74, 6) is 1.47. The van der Waals surface area contributed by atoms with E-state index in [9.17, 15) is 4.79 Å². The molecule has 1 amide bonds. The maximum Gasteiger partial charge on any atom is 0.258 e. The number of amides is 1. The minimum Gasteiger partial charge on any atom is -0.497 e. The van der Waals surface area contributed by atoms with Gasteiger partial charge in [-0.05, 0) is 66.9 Å². The number of hydrogen-bond acceptors (Lipinski definition) is 5. The third kappa shape index (κ3) is 5.08. The molecule has 0 unspecified atom stereocenters. The second kappa shape index (κ2) is 10.3. The van der Waals surface area contributed by atoms with E-state index in [0.717, 1.165) is 49.7 Å². The fraction of sp³-hybridized carbons (Fsp3) is 0.308. The van der Waals surface area contributed by atoms with Crippen molar-refractivity contribution in [3.8, 4) is 11.5 Å². The van der Waals surface area contributed by atoms with E-state index in [1.807, 2.05) is 65.8 Å². The van der Waals surface area contributed by atoms with Crippen LogP contribution in [0.1, 0.15) is 28.8 Å². The number of hydrogen-bond donors (Lipinski definition) is 0. The van der Waals surface area contributed by atoms with Crippen molar-refractivity contribution >= 4 is 11.6 Å². The van der Waals surface area contributed by atoms with E-state index in [-0.39, 0.29) is 11.9 Å². The summed E-state index contributed by atoms with van der Waals surface area (Å²) < 4.78 is 10.7. The van der Waals surface area contributed by atoms with E-state index < -0.39 is 0 Å². The summed E-state index contributed by atoms with van der Waals surface area (Å²) in [6, 6.07) is 19.3. The van der Waals surface area contributed by atoms with Gasteiger partial charge in [-0.15, -0.1) is 0 Å². The number of methoxy groups -OCH3 is 2. The van der Waals surface area contributed by atoms with Gasteiger partial charge in [-0.2, -0.15) is 0 Å². The zero-order valence-electron chi connectivity index (χ0n) is 18.6. The third-order valence-electron chi connectivity index (χ3n) is 5.97. The minimum absolute atomic E-state index is 0.00603. The Balaban J connectivity index is 1.54. The molecule has 1 aliphatic heterocycles. The number of aromatic nitrogens is 1. The monoisotopic (exact) mass is 431 g/mol. The van der Waals surface area contributed by atoms with Crippen LogP contribution < -0.4 is 14.4 Å². The second-order valence-electron chi connectivity index (χ2n) is 7.97. The highest BCUT2D eigenvalue weighted by Gasteiger charge is 2.30. The van der Waals surface area contributed by atoms with Gasteiger partial charge in [0.2, 0.25) is 0 Å². The first kappa shape index (κ1) is 21.8. The topological polar surface area (TPSA) is 54.9 Å². The molecule has 32 heavy (non-hydrogen) atoms. The quantitative estimate of drug-likeness (QED) is 0.555. The summed E-state index contributed by atoms with van der Waals surface area (Å²) >= 11 is 0. The van der Waals surface area contributed by atoms with E-state index >= 15 is 0 Å². The first-order valence-electron chi connectivity index (χ1n) is 10.9. The molecule has 0 atom stereocenters. The van der Waals surface area contributed by atoms with Gasteiger partial charge in [0.05, 0.1) is 14.2 Å². The van der Waals surface area contributed by atoms with Crippen molar-refractivity contribution in [2.75, 3.05) is 32.2 Å². The van der Waals surface area contributed by atoms with Crippen LogP contribution in [0.4, 0.5) is 5.69 Å². The van der Waals surface area contributed by atoms with Gasteiger partial charge < -0.3 is 14.4 Å². The van der Waals surface area contributed by atoms with Crippen LogP contribution in [0.3, 0.4) is 0 Å². The average molecular weight is 432 g/mol. The SMILES string of the molecule is COc1ccc(C(=O)N(c2cccc(OC)c2)C2CCN(Cc3ccncc3)CC2)cc1. The van der Waals surface area contributed by atoms with Crippen LogP contribution in [0, 0.1) is 0 Å². The predicted molar refractivity (Wildman–Crippen MR) is 125 cm³/mol. The minimum atomic E-state index is -0.00603. The van der Waals surface area contributed by atoms with Crippen LogP contribution in [-0.2, 0) is 6.54 Å². The Kier molecular flexibility index (Phi) is 7.02. The zero-order valence-corrected chi connectivity index (χ0v) is 18.6. The van der Waals surface area contributed by atoms with E-state index in [1.54, 1.807) is 14.2 Å². The Morgan fingerprint density at radius 2 is 1.66 bits per heavy atom. The molecule has 0 aliphatic carbocycles. The fourth-order valence-corrected chi connectivity index (χ4v) is 4.21. The number of carbonyl (C=O) groups excluding carboxylic acids is 1. The molecular formula is C26H29N3O3. The Hall–Kier alpha value is -3.38. The average Bonchev–Trinajstić information content (AvgIpc) is 2.86. The molecule has 6 nitrogen and oxygen atoms in total.